The minimum atomic E-state index is 0.642. The van der Waals surface area contributed by atoms with Crippen LogP contribution >= 0.6 is 12.2 Å². The Morgan fingerprint density at radius 3 is 2.65 bits per heavy atom. The molecule has 3 rings (SSSR count). The topological polar surface area (TPSA) is 29.9 Å². The average molecular weight is 284 g/mol. The van der Waals surface area contributed by atoms with Crippen LogP contribution in [0.2, 0.25) is 0 Å². The van der Waals surface area contributed by atoms with E-state index in [4.69, 9.17) is 17.0 Å². The summed E-state index contributed by atoms with van der Waals surface area (Å²) in [7, 11) is 0. The highest BCUT2D eigenvalue weighted by Gasteiger charge is 2.09. The third-order valence-corrected chi connectivity index (χ3v) is 3.58. The summed E-state index contributed by atoms with van der Waals surface area (Å²) in [6, 6.07) is 16.3. The van der Waals surface area contributed by atoms with Crippen LogP contribution in [-0.4, -0.2) is 16.2 Å². The van der Waals surface area contributed by atoms with Gasteiger partial charge in [-0.05, 0) is 36.8 Å². The van der Waals surface area contributed by atoms with Gasteiger partial charge in [0.2, 0.25) is 0 Å². The molecule has 0 radical (unpaired) electrons. The Balaban J connectivity index is 2.10. The zero-order valence-electron chi connectivity index (χ0n) is 11.3. The van der Waals surface area contributed by atoms with Crippen LogP contribution in [0.3, 0.4) is 0 Å². The molecular formula is C16H16N2OS. The number of ether oxygens (including phenoxy) is 1. The number of fused-ring (bicyclic) bond motifs is 1. The molecule has 1 N–H and O–H groups in total. The van der Waals surface area contributed by atoms with E-state index in [-0.39, 0.29) is 0 Å². The molecule has 0 atom stereocenters. The molecule has 102 valence electrons. The van der Waals surface area contributed by atoms with Crippen molar-refractivity contribution in [1.29, 1.82) is 0 Å². The molecule has 0 saturated carbocycles. The van der Waals surface area contributed by atoms with Gasteiger partial charge in [-0.3, -0.25) is 0 Å². The number of benzene rings is 2. The Labute approximate surface area is 122 Å². The van der Waals surface area contributed by atoms with E-state index < -0.39 is 0 Å². The molecule has 20 heavy (non-hydrogen) atoms. The Bertz CT molecular complexity index is 774. The monoisotopic (exact) mass is 284 g/mol. The maximum atomic E-state index is 5.65. The minimum absolute atomic E-state index is 0.642. The molecule has 3 aromatic rings. The number of imidazole rings is 1. The number of H-pyrrole nitrogens is 1. The number of hydrogen-bond donors (Lipinski definition) is 1. The van der Waals surface area contributed by atoms with E-state index in [0.29, 0.717) is 6.61 Å². The summed E-state index contributed by atoms with van der Waals surface area (Å²) in [5.41, 5.74) is 3.27. The maximum Gasteiger partial charge on any atom is 0.178 e. The van der Waals surface area contributed by atoms with E-state index in [1.165, 1.54) is 5.56 Å². The maximum absolute atomic E-state index is 5.65. The van der Waals surface area contributed by atoms with Crippen LogP contribution in [-0.2, 0) is 6.54 Å². The largest absolute Gasteiger partial charge is 0.492 e. The Kier molecular flexibility index (Phi) is 3.56. The second-order valence-electron chi connectivity index (χ2n) is 4.59. The fourth-order valence-corrected chi connectivity index (χ4v) is 2.62. The van der Waals surface area contributed by atoms with Gasteiger partial charge in [0.25, 0.3) is 0 Å². The first-order valence-corrected chi connectivity index (χ1v) is 7.08. The van der Waals surface area contributed by atoms with Gasteiger partial charge in [0.15, 0.2) is 4.77 Å². The molecule has 0 aliphatic carbocycles. The van der Waals surface area contributed by atoms with E-state index in [2.05, 4.69) is 27.8 Å². The van der Waals surface area contributed by atoms with E-state index in [1.54, 1.807) is 0 Å². The van der Waals surface area contributed by atoms with Gasteiger partial charge in [0.1, 0.15) is 11.3 Å². The van der Waals surface area contributed by atoms with E-state index >= 15 is 0 Å². The minimum Gasteiger partial charge on any atom is -0.492 e. The van der Waals surface area contributed by atoms with Gasteiger partial charge in [-0.2, -0.15) is 0 Å². The molecule has 1 heterocycles. The van der Waals surface area contributed by atoms with Crippen molar-refractivity contribution < 1.29 is 4.74 Å². The lowest BCUT2D eigenvalue weighted by atomic mass is 10.2. The van der Waals surface area contributed by atoms with E-state index in [1.807, 2.05) is 37.3 Å². The predicted molar refractivity (Wildman–Crippen MR) is 83.8 cm³/mol. The van der Waals surface area contributed by atoms with Crippen molar-refractivity contribution in [2.24, 2.45) is 0 Å². The highest BCUT2D eigenvalue weighted by atomic mass is 32.1. The highest BCUT2D eigenvalue weighted by molar-refractivity contribution is 7.71. The SMILES string of the molecule is CCOc1cccc2c1[nH]c(=S)n2Cc1ccccc1. The molecule has 0 fully saturated rings. The first kappa shape index (κ1) is 12.9. The summed E-state index contributed by atoms with van der Waals surface area (Å²) >= 11 is 5.45. The van der Waals surface area contributed by atoms with Crippen LogP contribution in [0.1, 0.15) is 12.5 Å². The molecule has 1 aromatic heterocycles. The number of rotatable bonds is 4. The zero-order chi connectivity index (χ0) is 13.9. The van der Waals surface area contributed by atoms with Crippen molar-refractivity contribution in [3.63, 3.8) is 0 Å². The first-order chi connectivity index (χ1) is 9.79. The van der Waals surface area contributed by atoms with Gasteiger partial charge in [0, 0.05) is 0 Å². The molecule has 2 aromatic carbocycles. The molecule has 4 heteroatoms. The van der Waals surface area contributed by atoms with Crippen LogP contribution in [0.15, 0.2) is 48.5 Å². The fraction of sp³-hybridized carbons (Fsp3) is 0.188. The first-order valence-electron chi connectivity index (χ1n) is 6.68. The number of hydrogen-bond acceptors (Lipinski definition) is 2. The van der Waals surface area contributed by atoms with Crippen molar-refractivity contribution in [3.8, 4) is 5.75 Å². The lowest BCUT2D eigenvalue weighted by Crippen LogP contribution is -1.99. The Hall–Kier alpha value is -2.07. The molecular weight excluding hydrogens is 268 g/mol. The summed E-state index contributed by atoms with van der Waals surface area (Å²) < 4.78 is 8.47. The fourth-order valence-electron chi connectivity index (χ4n) is 2.35. The van der Waals surface area contributed by atoms with Crippen LogP contribution in [0, 0.1) is 4.77 Å². The van der Waals surface area contributed by atoms with Gasteiger partial charge in [-0.1, -0.05) is 36.4 Å². The summed E-state index contributed by atoms with van der Waals surface area (Å²) in [5, 5.41) is 0. The average Bonchev–Trinajstić information content (AvgIpc) is 2.78. The Morgan fingerprint density at radius 1 is 1.10 bits per heavy atom. The molecule has 0 aliphatic heterocycles. The molecule has 0 spiro atoms. The van der Waals surface area contributed by atoms with E-state index in [9.17, 15) is 0 Å². The quantitative estimate of drug-likeness (QED) is 0.730. The summed E-state index contributed by atoms with van der Waals surface area (Å²) in [4.78, 5) is 3.25. The second-order valence-corrected chi connectivity index (χ2v) is 4.97. The lowest BCUT2D eigenvalue weighted by molar-refractivity contribution is 0.343. The lowest BCUT2D eigenvalue weighted by Gasteiger charge is -2.06. The van der Waals surface area contributed by atoms with E-state index in [0.717, 1.165) is 28.1 Å². The summed E-state index contributed by atoms with van der Waals surface area (Å²) in [6.07, 6.45) is 0. The molecule has 3 nitrogen and oxygen atoms in total. The molecule has 0 unspecified atom stereocenters. The van der Waals surface area contributed by atoms with Gasteiger partial charge in [-0.15, -0.1) is 0 Å². The van der Waals surface area contributed by atoms with Crippen LogP contribution in [0.25, 0.3) is 11.0 Å². The summed E-state index contributed by atoms with van der Waals surface area (Å²) in [5.74, 6) is 0.850. The molecule has 0 amide bonds. The van der Waals surface area contributed by atoms with Crippen LogP contribution in [0.4, 0.5) is 0 Å². The highest BCUT2D eigenvalue weighted by Crippen LogP contribution is 2.25. The number of para-hydroxylation sites is 1. The normalized spacial score (nSPS) is 10.8. The summed E-state index contributed by atoms with van der Waals surface area (Å²) in [6.45, 7) is 3.38. The van der Waals surface area contributed by atoms with Gasteiger partial charge >= 0.3 is 0 Å². The van der Waals surface area contributed by atoms with Crippen molar-refractivity contribution in [2.75, 3.05) is 6.61 Å². The number of nitrogens with one attached hydrogen (secondary N) is 1. The Morgan fingerprint density at radius 2 is 1.90 bits per heavy atom. The zero-order valence-corrected chi connectivity index (χ0v) is 12.1. The van der Waals surface area contributed by atoms with Crippen LogP contribution < -0.4 is 4.74 Å². The van der Waals surface area contributed by atoms with Crippen molar-refractivity contribution >= 4 is 23.3 Å². The number of aromatic nitrogens is 2. The van der Waals surface area contributed by atoms with Crippen molar-refractivity contribution in [3.05, 3.63) is 58.9 Å². The number of nitrogens with zero attached hydrogens (tertiary/aromatic N) is 1. The smallest absolute Gasteiger partial charge is 0.178 e. The van der Waals surface area contributed by atoms with Gasteiger partial charge in [-0.25, -0.2) is 0 Å². The van der Waals surface area contributed by atoms with Gasteiger partial charge < -0.3 is 14.3 Å². The van der Waals surface area contributed by atoms with Crippen molar-refractivity contribution in [1.82, 2.24) is 9.55 Å². The molecule has 0 aliphatic rings. The third-order valence-electron chi connectivity index (χ3n) is 3.26. The molecule has 0 bridgehead atoms. The van der Waals surface area contributed by atoms with Crippen LogP contribution in [0.5, 0.6) is 5.75 Å². The predicted octanol–water partition coefficient (Wildman–Crippen LogP) is 4.15. The second kappa shape index (κ2) is 5.51. The third kappa shape index (κ3) is 2.34. The standard InChI is InChI=1S/C16H16N2OS/c1-2-19-14-10-6-9-13-15(14)17-16(20)18(13)11-12-7-4-3-5-8-12/h3-10H,2,11H2,1H3,(H,17,20). The molecule has 0 saturated heterocycles. The van der Waals surface area contributed by atoms with Crippen molar-refractivity contribution in [2.45, 2.75) is 13.5 Å². The van der Waals surface area contributed by atoms with Gasteiger partial charge in [0.05, 0.1) is 18.7 Å². The number of aromatic amines is 1.